The molecule has 0 amide bonds. The second-order valence-electron chi connectivity index (χ2n) is 3.85. The van der Waals surface area contributed by atoms with Crippen LogP contribution >= 0.6 is 11.8 Å². The quantitative estimate of drug-likeness (QED) is 0.476. The molecule has 0 fully saturated rings. The van der Waals surface area contributed by atoms with Gasteiger partial charge in [0.1, 0.15) is 11.6 Å². The van der Waals surface area contributed by atoms with E-state index < -0.39 is 33.7 Å². The van der Waals surface area contributed by atoms with Crippen LogP contribution in [-0.4, -0.2) is 0 Å². The molecule has 0 heterocycles. The van der Waals surface area contributed by atoms with E-state index in [0.29, 0.717) is 11.8 Å². The first-order valence-corrected chi connectivity index (χ1v) is 6.47. The second kappa shape index (κ2) is 5.97. The van der Waals surface area contributed by atoms with E-state index in [1.165, 1.54) is 0 Å². The maximum absolute atomic E-state index is 13.6. The molecule has 0 aliphatic heterocycles. The van der Waals surface area contributed by atoms with Crippen molar-refractivity contribution in [1.29, 1.82) is 5.26 Å². The molecule has 20 heavy (non-hydrogen) atoms. The lowest BCUT2D eigenvalue weighted by molar-refractivity contribution is 0.422. The molecule has 0 saturated heterocycles. The molecule has 0 unspecified atom stereocenters. The summed E-state index contributed by atoms with van der Waals surface area (Å²) in [6.07, 6.45) is 0. The Hall–Kier alpha value is -2.00. The fraction of sp³-hybridized carbons (Fsp3) is 0.0714. The molecule has 0 aliphatic carbocycles. The van der Waals surface area contributed by atoms with Crippen molar-refractivity contribution in [3.05, 3.63) is 64.7 Å². The fourth-order valence-electron chi connectivity index (χ4n) is 1.57. The van der Waals surface area contributed by atoms with Crippen LogP contribution in [-0.2, 0) is 5.75 Å². The summed E-state index contributed by atoms with van der Waals surface area (Å²) in [5.41, 5.74) is -0.495. The first-order valence-electron chi connectivity index (χ1n) is 5.49. The monoisotopic (exact) mass is 297 g/mol. The molecule has 6 heteroatoms. The molecule has 0 saturated carbocycles. The number of thioether (sulfide) groups is 1. The van der Waals surface area contributed by atoms with Crippen molar-refractivity contribution in [2.75, 3.05) is 0 Å². The van der Waals surface area contributed by atoms with Crippen molar-refractivity contribution in [1.82, 2.24) is 0 Å². The Morgan fingerprint density at radius 1 is 0.900 bits per heavy atom. The lowest BCUT2D eigenvalue weighted by atomic mass is 10.2. The van der Waals surface area contributed by atoms with E-state index >= 15 is 0 Å². The third-order valence-electron chi connectivity index (χ3n) is 2.56. The van der Waals surface area contributed by atoms with Crippen LogP contribution in [0.5, 0.6) is 0 Å². The van der Waals surface area contributed by atoms with Crippen molar-refractivity contribution in [3.8, 4) is 6.07 Å². The molecule has 0 bridgehead atoms. The molecule has 1 nitrogen and oxygen atoms in total. The van der Waals surface area contributed by atoms with Crippen LogP contribution in [0.15, 0.2) is 35.2 Å². The van der Waals surface area contributed by atoms with Crippen LogP contribution in [0.2, 0.25) is 0 Å². The lowest BCUT2D eigenvalue weighted by Crippen LogP contribution is -2.03. The van der Waals surface area contributed by atoms with E-state index in [0.717, 1.165) is 11.6 Å². The van der Waals surface area contributed by atoms with E-state index in [9.17, 15) is 17.6 Å². The number of halogens is 4. The van der Waals surface area contributed by atoms with Gasteiger partial charge in [-0.15, -0.1) is 11.8 Å². The van der Waals surface area contributed by atoms with Gasteiger partial charge in [-0.1, -0.05) is 30.3 Å². The first kappa shape index (κ1) is 14.4. The molecular weight excluding hydrogens is 290 g/mol. The van der Waals surface area contributed by atoms with Crippen molar-refractivity contribution >= 4 is 11.8 Å². The minimum atomic E-state index is -1.66. The van der Waals surface area contributed by atoms with Crippen LogP contribution in [0, 0.1) is 34.6 Å². The zero-order valence-electron chi connectivity index (χ0n) is 9.96. The van der Waals surface area contributed by atoms with E-state index in [1.807, 2.05) is 0 Å². The smallest absolute Gasteiger partial charge is 0.180 e. The summed E-state index contributed by atoms with van der Waals surface area (Å²) in [6, 6.07) is 9.80. The SMILES string of the molecule is N#Cc1c(F)c(F)c(SCc2ccccc2)c(F)c1F. The number of rotatable bonds is 3. The van der Waals surface area contributed by atoms with Gasteiger partial charge in [-0.05, 0) is 5.56 Å². The van der Waals surface area contributed by atoms with Gasteiger partial charge in [-0.3, -0.25) is 0 Å². The van der Waals surface area contributed by atoms with E-state index in [1.54, 1.807) is 30.3 Å². The number of hydrogen-bond acceptors (Lipinski definition) is 2. The van der Waals surface area contributed by atoms with E-state index in [-0.39, 0.29) is 5.75 Å². The molecule has 0 radical (unpaired) electrons. The summed E-state index contributed by atoms with van der Waals surface area (Å²) in [5, 5.41) is 8.48. The highest BCUT2D eigenvalue weighted by molar-refractivity contribution is 7.98. The summed E-state index contributed by atoms with van der Waals surface area (Å²) in [6.45, 7) is 0. The van der Waals surface area contributed by atoms with Crippen LogP contribution in [0.4, 0.5) is 17.6 Å². The van der Waals surface area contributed by atoms with Crippen molar-refractivity contribution in [2.45, 2.75) is 10.6 Å². The number of benzene rings is 2. The van der Waals surface area contributed by atoms with Gasteiger partial charge >= 0.3 is 0 Å². The van der Waals surface area contributed by atoms with Crippen LogP contribution in [0.25, 0.3) is 0 Å². The lowest BCUT2D eigenvalue weighted by Gasteiger charge is -2.08. The number of hydrogen-bond donors (Lipinski definition) is 0. The topological polar surface area (TPSA) is 23.8 Å². The third-order valence-corrected chi connectivity index (χ3v) is 3.69. The highest BCUT2D eigenvalue weighted by atomic mass is 32.2. The van der Waals surface area contributed by atoms with Gasteiger partial charge in [-0.25, -0.2) is 17.6 Å². The zero-order valence-corrected chi connectivity index (χ0v) is 10.8. The molecule has 2 rings (SSSR count). The minimum Gasteiger partial charge on any atom is -0.202 e. The van der Waals surface area contributed by atoms with Crippen molar-refractivity contribution < 1.29 is 17.6 Å². The van der Waals surface area contributed by atoms with Crippen LogP contribution in [0.3, 0.4) is 0 Å². The second-order valence-corrected chi connectivity index (χ2v) is 4.83. The Balaban J connectivity index is 2.36. The van der Waals surface area contributed by atoms with Gasteiger partial charge in [0.05, 0.1) is 4.90 Å². The minimum absolute atomic E-state index is 0.152. The molecule has 2 aromatic carbocycles. The fourth-order valence-corrected chi connectivity index (χ4v) is 2.50. The highest BCUT2D eigenvalue weighted by Crippen LogP contribution is 2.33. The predicted molar refractivity (Wildman–Crippen MR) is 67.0 cm³/mol. The summed E-state index contributed by atoms with van der Waals surface area (Å²) in [7, 11) is 0. The molecule has 0 spiro atoms. The van der Waals surface area contributed by atoms with Gasteiger partial charge in [0.25, 0.3) is 0 Å². The van der Waals surface area contributed by atoms with Gasteiger partial charge in [0.2, 0.25) is 0 Å². The van der Waals surface area contributed by atoms with Crippen LogP contribution in [0.1, 0.15) is 11.1 Å². The van der Waals surface area contributed by atoms with Gasteiger partial charge < -0.3 is 0 Å². The molecule has 0 atom stereocenters. The average molecular weight is 297 g/mol. The molecule has 0 aromatic heterocycles. The Morgan fingerprint density at radius 2 is 1.45 bits per heavy atom. The molecule has 0 N–H and O–H groups in total. The summed E-state index contributed by atoms with van der Waals surface area (Å²) in [4.78, 5) is -0.761. The molecule has 2 aromatic rings. The van der Waals surface area contributed by atoms with Crippen molar-refractivity contribution in [2.24, 2.45) is 0 Å². The highest BCUT2D eigenvalue weighted by Gasteiger charge is 2.25. The normalized spacial score (nSPS) is 10.3. The maximum atomic E-state index is 13.6. The Labute approximate surface area is 116 Å². The van der Waals surface area contributed by atoms with E-state index in [2.05, 4.69) is 0 Å². The summed E-state index contributed by atoms with van der Waals surface area (Å²) in [5.74, 6) is -6.26. The average Bonchev–Trinajstić information content (AvgIpc) is 2.47. The van der Waals surface area contributed by atoms with Crippen molar-refractivity contribution in [3.63, 3.8) is 0 Å². The molecular formula is C14H7F4NS. The van der Waals surface area contributed by atoms with Gasteiger partial charge in [0, 0.05) is 5.75 Å². The number of nitriles is 1. The van der Waals surface area contributed by atoms with Crippen LogP contribution < -0.4 is 0 Å². The third kappa shape index (κ3) is 2.63. The first-order chi connectivity index (χ1) is 9.56. The van der Waals surface area contributed by atoms with E-state index in [4.69, 9.17) is 5.26 Å². The Morgan fingerprint density at radius 3 is 1.95 bits per heavy atom. The predicted octanol–water partition coefficient (Wildman–Crippen LogP) is 4.41. The number of nitrogens with zero attached hydrogens (tertiary/aromatic N) is 1. The molecule has 0 aliphatic rings. The zero-order chi connectivity index (χ0) is 14.7. The largest absolute Gasteiger partial charge is 0.202 e. The van der Waals surface area contributed by atoms with Gasteiger partial charge in [0.15, 0.2) is 23.3 Å². The summed E-state index contributed by atoms with van der Waals surface area (Å²) < 4.78 is 54.1. The Bertz CT molecular complexity index is 651. The van der Waals surface area contributed by atoms with Gasteiger partial charge in [-0.2, -0.15) is 5.26 Å². The molecule has 102 valence electrons. The summed E-state index contributed by atoms with van der Waals surface area (Å²) >= 11 is 0.635. The standard InChI is InChI=1S/C14H7F4NS/c15-10-9(6-19)11(16)13(18)14(12(10)17)20-7-8-4-2-1-3-5-8/h1-5H,7H2. The Kier molecular flexibility index (Phi) is 4.30. The maximum Gasteiger partial charge on any atom is 0.180 e.